The fraction of sp³-hybridized carbons (Fsp3) is 0.789. The maximum absolute atomic E-state index is 12.8. The monoisotopic (exact) mass is 382 g/mol. The zero-order chi connectivity index (χ0) is 17.9. The summed E-state index contributed by atoms with van der Waals surface area (Å²) in [5.41, 5.74) is 0.701. The lowest BCUT2D eigenvalue weighted by molar-refractivity contribution is -0.0287. The Morgan fingerprint density at radius 3 is 2.56 bits per heavy atom. The molecule has 3 atom stereocenters. The summed E-state index contributed by atoms with van der Waals surface area (Å²) in [6.07, 6.45) is 4.54. The molecule has 2 aliphatic heterocycles. The molecule has 0 amide bonds. The van der Waals surface area contributed by atoms with Gasteiger partial charge in [0.2, 0.25) is 0 Å². The highest BCUT2D eigenvalue weighted by Gasteiger charge is 2.55. The second-order valence-corrected chi connectivity index (χ2v) is 12.4. The third-order valence-corrected chi connectivity index (χ3v) is 10.2. The van der Waals surface area contributed by atoms with Gasteiger partial charge < -0.3 is 5.32 Å². The number of nitrogens with one attached hydrogen (secondary N) is 1. The Balaban J connectivity index is 1.50. The molecule has 2 bridgehead atoms. The minimum Gasteiger partial charge on any atom is -0.313 e. The topological polar surface area (TPSA) is 49.4 Å². The molecule has 1 saturated carbocycles. The number of hydrogen-bond acceptors (Lipinski definition) is 4. The lowest BCUT2D eigenvalue weighted by Gasteiger charge is -2.53. The van der Waals surface area contributed by atoms with Crippen molar-refractivity contribution in [3.05, 3.63) is 17.5 Å². The highest BCUT2D eigenvalue weighted by Crippen LogP contribution is 2.58. The van der Waals surface area contributed by atoms with Crippen LogP contribution in [0.25, 0.3) is 0 Å². The second kappa shape index (κ2) is 6.04. The van der Waals surface area contributed by atoms with Crippen LogP contribution in [-0.2, 0) is 10.0 Å². The standard InChI is InChI=1S/C19H30N2O2S2/c1-18(2)11-15-12-19(3,13-20-15)17(18)14-6-8-21(9-7-14)25(22,23)16-5-4-10-24-16/h4-5,10,14-15,17,20H,6-9,11-13H2,1-3H3. The first-order valence-electron chi connectivity index (χ1n) is 9.49. The van der Waals surface area contributed by atoms with Crippen molar-refractivity contribution < 1.29 is 8.42 Å². The molecule has 1 aliphatic carbocycles. The molecular formula is C19H30N2O2S2. The van der Waals surface area contributed by atoms with Gasteiger partial charge in [0.15, 0.2) is 0 Å². The van der Waals surface area contributed by atoms with E-state index in [1.165, 1.54) is 24.2 Å². The van der Waals surface area contributed by atoms with Crippen molar-refractivity contribution in [3.63, 3.8) is 0 Å². The van der Waals surface area contributed by atoms with E-state index in [1.807, 2.05) is 11.4 Å². The summed E-state index contributed by atoms with van der Waals surface area (Å²) in [6, 6.07) is 4.22. The predicted octanol–water partition coefficient (Wildman–Crippen LogP) is 3.56. The van der Waals surface area contributed by atoms with Gasteiger partial charge in [-0.3, -0.25) is 0 Å². The number of hydrogen-bond donors (Lipinski definition) is 1. The van der Waals surface area contributed by atoms with E-state index in [1.54, 1.807) is 10.4 Å². The molecule has 4 nitrogen and oxygen atoms in total. The van der Waals surface area contributed by atoms with Crippen LogP contribution in [0.3, 0.4) is 0 Å². The van der Waals surface area contributed by atoms with Crippen molar-refractivity contribution >= 4 is 21.4 Å². The molecule has 3 heterocycles. The summed E-state index contributed by atoms with van der Waals surface area (Å²) < 4.78 is 27.7. The smallest absolute Gasteiger partial charge is 0.252 e. The molecule has 3 fully saturated rings. The quantitative estimate of drug-likeness (QED) is 0.869. The van der Waals surface area contributed by atoms with Crippen LogP contribution in [0.4, 0.5) is 0 Å². The van der Waals surface area contributed by atoms with E-state index in [4.69, 9.17) is 0 Å². The predicted molar refractivity (Wildman–Crippen MR) is 102 cm³/mol. The van der Waals surface area contributed by atoms with Crippen LogP contribution >= 0.6 is 11.3 Å². The van der Waals surface area contributed by atoms with Crippen LogP contribution in [0, 0.1) is 22.7 Å². The van der Waals surface area contributed by atoms with E-state index < -0.39 is 10.0 Å². The molecule has 1 aromatic rings. The third kappa shape index (κ3) is 2.99. The van der Waals surface area contributed by atoms with Crippen LogP contribution in [0.5, 0.6) is 0 Å². The first kappa shape index (κ1) is 18.0. The first-order valence-corrected chi connectivity index (χ1v) is 11.8. The van der Waals surface area contributed by atoms with Gasteiger partial charge in [0.1, 0.15) is 4.21 Å². The number of piperidine rings is 1. The molecule has 2 saturated heterocycles. The molecule has 4 rings (SSSR count). The first-order chi connectivity index (χ1) is 11.7. The Bertz CT molecular complexity index is 721. The van der Waals surface area contributed by atoms with E-state index in [2.05, 4.69) is 26.1 Å². The van der Waals surface area contributed by atoms with E-state index >= 15 is 0 Å². The van der Waals surface area contributed by atoms with Crippen molar-refractivity contribution in [3.8, 4) is 0 Å². The van der Waals surface area contributed by atoms with Gasteiger partial charge in [-0.25, -0.2) is 8.42 Å². The Morgan fingerprint density at radius 1 is 1.20 bits per heavy atom. The number of nitrogens with zero attached hydrogens (tertiary/aromatic N) is 1. The minimum atomic E-state index is -3.29. The van der Waals surface area contributed by atoms with Gasteiger partial charge >= 0.3 is 0 Å². The molecule has 6 heteroatoms. The number of rotatable bonds is 3. The molecule has 1 aromatic heterocycles. The van der Waals surface area contributed by atoms with E-state index in [0.717, 1.165) is 19.4 Å². The van der Waals surface area contributed by atoms with Crippen LogP contribution in [0.2, 0.25) is 0 Å². The van der Waals surface area contributed by atoms with Gasteiger partial charge in [0.25, 0.3) is 10.0 Å². The Kier molecular flexibility index (Phi) is 4.34. The van der Waals surface area contributed by atoms with Gasteiger partial charge in [0, 0.05) is 25.7 Å². The lowest BCUT2D eigenvalue weighted by atomic mass is 9.52. The molecule has 0 aromatic carbocycles. The molecule has 25 heavy (non-hydrogen) atoms. The molecule has 1 N–H and O–H groups in total. The highest BCUT2D eigenvalue weighted by molar-refractivity contribution is 7.91. The molecule has 3 aliphatic rings. The van der Waals surface area contributed by atoms with E-state index in [-0.39, 0.29) is 0 Å². The zero-order valence-electron chi connectivity index (χ0n) is 15.5. The summed E-state index contributed by atoms with van der Waals surface area (Å²) in [7, 11) is -3.29. The SMILES string of the molecule is CC1(C)CC2CC(C)(CN2)C1C1CCN(S(=O)(=O)c2cccs2)CC1. The zero-order valence-corrected chi connectivity index (χ0v) is 17.1. The highest BCUT2D eigenvalue weighted by atomic mass is 32.2. The minimum absolute atomic E-state index is 0.334. The van der Waals surface area contributed by atoms with Crippen molar-refractivity contribution in [2.24, 2.45) is 22.7 Å². The second-order valence-electron chi connectivity index (χ2n) is 9.28. The van der Waals surface area contributed by atoms with Crippen LogP contribution < -0.4 is 5.32 Å². The Hall–Kier alpha value is -0.430. The third-order valence-electron chi connectivity index (χ3n) is 6.93. The van der Waals surface area contributed by atoms with Gasteiger partial charge in [0.05, 0.1) is 0 Å². The van der Waals surface area contributed by atoms with E-state index in [9.17, 15) is 8.42 Å². The van der Waals surface area contributed by atoms with Crippen molar-refractivity contribution in [1.29, 1.82) is 0 Å². The molecule has 0 radical (unpaired) electrons. The number of fused-ring (bicyclic) bond motifs is 2. The average Bonchev–Trinajstić information content (AvgIpc) is 3.16. The molecule has 3 unspecified atom stereocenters. The summed E-state index contributed by atoms with van der Waals surface area (Å²) in [5.74, 6) is 1.31. The summed E-state index contributed by atoms with van der Waals surface area (Å²) in [4.78, 5) is 0. The molecule has 140 valence electrons. The molecular weight excluding hydrogens is 352 g/mol. The normalized spacial score (nSPS) is 36.6. The maximum Gasteiger partial charge on any atom is 0.252 e. The summed E-state index contributed by atoms with van der Waals surface area (Å²) in [5, 5.41) is 5.57. The lowest BCUT2D eigenvalue weighted by Crippen LogP contribution is -2.50. The Labute approximate surface area is 156 Å². The van der Waals surface area contributed by atoms with Crippen molar-refractivity contribution in [2.75, 3.05) is 19.6 Å². The summed E-state index contributed by atoms with van der Waals surface area (Å²) >= 11 is 1.32. The van der Waals surface area contributed by atoms with Crippen LogP contribution in [0.15, 0.2) is 21.7 Å². The van der Waals surface area contributed by atoms with Gasteiger partial charge in [-0.15, -0.1) is 11.3 Å². The maximum atomic E-state index is 12.8. The van der Waals surface area contributed by atoms with E-state index in [0.29, 0.717) is 46.0 Å². The van der Waals surface area contributed by atoms with Crippen LogP contribution in [-0.4, -0.2) is 38.4 Å². The van der Waals surface area contributed by atoms with Gasteiger partial charge in [-0.1, -0.05) is 26.8 Å². The fourth-order valence-corrected chi connectivity index (χ4v) is 8.98. The van der Waals surface area contributed by atoms with Crippen molar-refractivity contribution in [2.45, 2.75) is 56.7 Å². The average molecular weight is 383 g/mol. The molecule has 0 spiro atoms. The number of thiophene rings is 1. The number of sulfonamides is 1. The van der Waals surface area contributed by atoms with Gasteiger partial charge in [-0.05, 0) is 59.8 Å². The van der Waals surface area contributed by atoms with Crippen molar-refractivity contribution in [1.82, 2.24) is 9.62 Å². The van der Waals surface area contributed by atoms with Gasteiger partial charge in [-0.2, -0.15) is 4.31 Å². The largest absolute Gasteiger partial charge is 0.313 e. The Morgan fingerprint density at radius 2 is 1.92 bits per heavy atom. The summed E-state index contributed by atoms with van der Waals surface area (Å²) in [6.45, 7) is 9.79. The fourth-order valence-electron chi connectivity index (χ4n) is 6.37. The van der Waals surface area contributed by atoms with Crippen LogP contribution in [0.1, 0.15) is 46.5 Å².